The molecule has 0 heterocycles. The van der Waals surface area contributed by atoms with Crippen LogP contribution in [0.15, 0.2) is 48.5 Å². The van der Waals surface area contributed by atoms with Gasteiger partial charge in [-0.25, -0.2) is 0 Å². The number of nitrogens with zero attached hydrogens (tertiary/aromatic N) is 1. The molecule has 18 heavy (non-hydrogen) atoms. The van der Waals surface area contributed by atoms with Gasteiger partial charge in [0, 0.05) is 11.4 Å². The van der Waals surface area contributed by atoms with Gasteiger partial charge in [0.05, 0.1) is 11.6 Å². The Hall–Kier alpha value is -2.27. The highest BCUT2D eigenvalue weighted by Crippen LogP contribution is 2.18. The molecule has 2 heteroatoms. The number of rotatable bonds is 4. The molecule has 0 unspecified atom stereocenters. The van der Waals surface area contributed by atoms with Crippen molar-refractivity contribution in [1.29, 1.82) is 5.26 Å². The normalized spacial score (nSPS) is 9.78. The number of anilines is 2. The van der Waals surface area contributed by atoms with Crippen LogP contribution in [0.25, 0.3) is 0 Å². The van der Waals surface area contributed by atoms with Gasteiger partial charge in [-0.2, -0.15) is 5.26 Å². The summed E-state index contributed by atoms with van der Waals surface area (Å²) in [6, 6.07) is 18.0. The Kier molecular flexibility index (Phi) is 3.98. The van der Waals surface area contributed by atoms with Crippen LogP contribution in [-0.4, -0.2) is 0 Å². The van der Waals surface area contributed by atoms with Crippen molar-refractivity contribution in [1.82, 2.24) is 0 Å². The predicted molar refractivity (Wildman–Crippen MR) is 74.9 cm³/mol. The zero-order valence-corrected chi connectivity index (χ0v) is 10.5. The van der Waals surface area contributed by atoms with Crippen LogP contribution in [0.2, 0.25) is 0 Å². The Morgan fingerprint density at radius 1 is 0.944 bits per heavy atom. The minimum absolute atomic E-state index is 0.679. The smallest absolute Gasteiger partial charge is 0.0991 e. The Morgan fingerprint density at radius 2 is 1.50 bits per heavy atom. The van der Waals surface area contributed by atoms with Crippen LogP contribution in [0.3, 0.4) is 0 Å². The summed E-state index contributed by atoms with van der Waals surface area (Å²) in [5.41, 5.74) is 4.11. The van der Waals surface area contributed by atoms with E-state index in [-0.39, 0.29) is 0 Å². The van der Waals surface area contributed by atoms with E-state index in [2.05, 4.69) is 42.6 Å². The van der Waals surface area contributed by atoms with E-state index in [0.29, 0.717) is 5.56 Å². The molecular formula is C16H16N2. The minimum atomic E-state index is 0.679. The number of hydrogen-bond acceptors (Lipinski definition) is 2. The number of nitriles is 1. The number of nitrogens with one attached hydrogen (secondary N) is 1. The maximum absolute atomic E-state index is 8.73. The zero-order valence-electron chi connectivity index (χ0n) is 10.5. The van der Waals surface area contributed by atoms with Crippen molar-refractivity contribution in [3.8, 4) is 6.07 Å². The van der Waals surface area contributed by atoms with Crippen molar-refractivity contribution in [2.45, 2.75) is 19.8 Å². The Morgan fingerprint density at radius 3 is 2.00 bits per heavy atom. The molecule has 0 saturated heterocycles. The van der Waals surface area contributed by atoms with Crippen molar-refractivity contribution >= 4 is 11.4 Å². The molecule has 0 bridgehead atoms. The summed E-state index contributed by atoms with van der Waals surface area (Å²) >= 11 is 0. The topological polar surface area (TPSA) is 35.8 Å². The maximum atomic E-state index is 8.73. The summed E-state index contributed by atoms with van der Waals surface area (Å²) < 4.78 is 0. The summed E-state index contributed by atoms with van der Waals surface area (Å²) in [6.45, 7) is 2.18. The molecule has 1 N–H and O–H groups in total. The molecule has 0 aliphatic rings. The van der Waals surface area contributed by atoms with Gasteiger partial charge in [0.15, 0.2) is 0 Å². The van der Waals surface area contributed by atoms with Crippen LogP contribution in [0.5, 0.6) is 0 Å². The molecule has 0 amide bonds. The molecule has 0 aliphatic carbocycles. The average Bonchev–Trinajstić information content (AvgIpc) is 2.42. The molecule has 2 aromatic rings. The molecule has 2 rings (SSSR count). The Labute approximate surface area is 108 Å². The second kappa shape index (κ2) is 5.88. The van der Waals surface area contributed by atoms with E-state index in [9.17, 15) is 0 Å². The fraction of sp³-hybridized carbons (Fsp3) is 0.188. The van der Waals surface area contributed by atoms with Crippen LogP contribution in [0, 0.1) is 11.3 Å². The number of hydrogen-bond donors (Lipinski definition) is 1. The quantitative estimate of drug-likeness (QED) is 0.861. The van der Waals surface area contributed by atoms with Crippen molar-refractivity contribution in [2.75, 3.05) is 5.32 Å². The minimum Gasteiger partial charge on any atom is -0.356 e. The predicted octanol–water partition coefficient (Wildman–Crippen LogP) is 4.25. The Bertz CT molecular complexity index is 533. The second-order valence-corrected chi connectivity index (χ2v) is 4.26. The first kappa shape index (κ1) is 12.2. The lowest BCUT2D eigenvalue weighted by molar-refractivity contribution is 0.922. The van der Waals surface area contributed by atoms with E-state index in [1.165, 1.54) is 12.0 Å². The van der Waals surface area contributed by atoms with Gasteiger partial charge in [-0.3, -0.25) is 0 Å². The lowest BCUT2D eigenvalue weighted by atomic mass is 10.1. The van der Waals surface area contributed by atoms with Crippen molar-refractivity contribution in [2.24, 2.45) is 0 Å². The third kappa shape index (κ3) is 3.11. The first-order chi connectivity index (χ1) is 8.81. The highest BCUT2D eigenvalue weighted by Gasteiger charge is 1.96. The van der Waals surface area contributed by atoms with E-state index in [1.54, 1.807) is 0 Å². The largest absolute Gasteiger partial charge is 0.356 e. The molecule has 0 radical (unpaired) electrons. The standard InChI is InChI=1S/C16H16N2/c1-2-3-13-4-8-15(9-5-13)18-16-10-6-14(12-17)7-11-16/h4-11,18H,2-3H2,1H3. The van der Waals surface area contributed by atoms with Gasteiger partial charge in [0.1, 0.15) is 0 Å². The molecule has 0 spiro atoms. The summed E-state index contributed by atoms with van der Waals surface area (Å²) in [5.74, 6) is 0. The third-order valence-corrected chi connectivity index (χ3v) is 2.80. The fourth-order valence-electron chi connectivity index (χ4n) is 1.84. The molecule has 0 atom stereocenters. The molecule has 90 valence electrons. The first-order valence-corrected chi connectivity index (χ1v) is 6.18. The first-order valence-electron chi connectivity index (χ1n) is 6.18. The number of aryl methyl sites for hydroxylation is 1. The second-order valence-electron chi connectivity index (χ2n) is 4.26. The van der Waals surface area contributed by atoms with Crippen LogP contribution in [0.1, 0.15) is 24.5 Å². The van der Waals surface area contributed by atoms with E-state index >= 15 is 0 Å². The molecule has 0 aromatic heterocycles. The lowest BCUT2D eigenvalue weighted by Crippen LogP contribution is -1.91. The molecule has 0 fully saturated rings. The molecule has 0 aliphatic heterocycles. The van der Waals surface area contributed by atoms with E-state index in [4.69, 9.17) is 5.26 Å². The zero-order chi connectivity index (χ0) is 12.8. The lowest BCUT2D eigenvalue weighted by Gasteiger charge is -2.07. The van der Waals surface area contributed by atoms with Gasteiger partial charge in [0.2, 0.25) is 0 Å². The van der Waals surface area contributed by atoms with Crippen LogP contribution < -0.4 is 5.32 Å². The van der Waals surface area contributed by atoms with Crippen LogP contribution >= 0.6 is 0 Å². The third-order valence-electron chi connectivity index (χ3n) is 2.80. The highest BCUT2D eigenvalue weighted by atomic mass is 14.9. The fourth-order valence-corrected chi connectivity index (χ4v) is 1.84. The van der Waals surface area contributed by atoms with Crippen LogP contribution in [0.4, 0.5) is 11.4 Å². The van der Waals surface area contributed by atoms with Gasteiger partial charge >= 0.3 is 0 Å². The maximum Gasteiger partial charge on any atom is 0.0991 e. The van der Waals surface area contributed by atoms with E-state index in [0.717, 1.165) is 17.8 Å². The summed E-state index contributed by atoms with van der Waals surface area (Å²) in [5, 5.41) is 12.0. The SMILES string of the molecule is CCCc1ccc(Nc2ccc(C#N)cc2)cc1. The van der Waals surface area contributed by atoms with Crippen molar-refractivity contribution in [3.63, 3.8) is 0 Å². The van der Waals surface area contributed by atoms with Gasteiger partial charge in [-0.05, 0) is 48.4 Å². The van der Waals surface area contributed by atoms with Crippen molar-refractivity contribution in [3.05, 3.63) is 59.7 Å². The van der Waals surface area contributed by atoms with Crippen LogP contribution in [-0.2, 0) is 6.42 Å². The van der Waals surface area contributed by atoms with E-state index in [1.807, 2.05) is 24.3 Å². The van der Waals surface area contributed by atoms with Crippen molar-refractivity contribution < 1.29 is 0 Å². The molecule has 0 saturated carbocycles. The van der Waals surface area contributed by atoms with Gasteiger partial charge in [-0.1, -0.05) is 25.5 Å². The summed E-state index contributed by atoms with van der Waals surface area (Å²) in [6.07, 6.45) is 2.29. The summed E-state index contributed by atoms with van der Waals surface area (Å²) in [4.78, 5) is 0. The monoisotopic (exact) mass is 236 g/mol. The molecule has 2 aromatic carbocycles. The average molecular weight is 236 g/mol. The molecular weight excluding hydrogens is 220 g/mol. The Balaban J connectivity index is 2.06. The van der Waals surface area contributed by atoms with Gasteiger partial charge < -0.3 is 5.32 Å². The van der Waals surface area contributed by atoms with Gasteiger partial charge in [-0.15, -0.1) is 0 Å². The van der Waals surface area contributed by atoms with E-state index < -0.39 is 0 Å². The highest BCUT2D eigenvalue weighted by molar-refractivity contribution is 5.60. The number of benzene rings is 2. The van der Waals surface area contributed by atoms with Gasteiger partial charge in [0.25, 0.3) is 0 Å². The summed E-state index contributed by atoms with van der Waals surface area (Å²) in [7, 11) is 0. The molecule has 2 nitrogen and oxygen atoms in total.